The molecule has 0 radical (unpaired) electrons. The third kappa shape index (κ3) is 7.23. The number of ether oxygens (including phenoxy) is 1. The Kier molecular flexibility index (Phi) is 11.0. The minimum Gasteiger partial charge on any atom is -0.496 e. The Labute approximate surface area is 209 Å². The molecule has 1 aromatic heterocycles. The second-order valence-electron chi connectivity index (χ2n) is 7.96. The van der Waals surface area contributed by atoms with Gasteiger partial charge in [0.25, 0.3) is 0 Å². The number of aromatic nitrogens is 1. The number of rotatable bonds is 9. The summed E-state index contributed by atoms with van der Waals surface area (Å²) >= 11 is 0. The first-order valence-corrected chi connectivity index (χ1v) is 11.1. The zero-order valence-corrected chi connectivity index (χ0v) is 22.0. The summed E-state index contributed by atoms with van der Waals surface area (Å²) in [6.45, 7) is 6.40. The molecule has 1 aliphatic rings. The molecule has 0 amide bonds. The summed E-state index contributed by atoms with van der Waals surface area (Å²) in [6.07, 6.45) is 2.49. The molecule has 7 nitrogen and oxygen atoms in total. The van der Waals surface area contributed by atoms with Gasteiger partial charge in [0.2, 0.25) is 0 Å². The zero-order valence-electron chi connectivity index (χ0n) is 19.7. The van der Waals surface area contributed by atoms with Crippen LogP contribution < -0.4 is 20.3 Å². The van der Waals surface area contributed by atoms with Crippen molar-refractivity contribution >= 4 is 35.8 Å². The van der Waals surface area contributed by atoms with E-state index in [1.165, 1.54) is 18.4 Å². The minimum absolute atomic E-state index is 0. The first-order valence-electron chi connectivity index (χ1n) is 11.1. The smallest absolute Gasteiger partial charge is 0.191 e. The van der Waals surface area contributed by atoms with Gasteiger partial charge in [-0.15, -0.1) is 24.0 Å². The van der Waals surface area contributed by atoms with Crippen LogP contribution in [-0.4, -0.2) is 63.2 Å². The second-order valence-corrected chi connectivity index (χ2v) is 7.96. The molecule has 1 aromatic carbocycles. The van der Waals surface area contributed by atoms with Gasteiger partial charge in [0, 0.05) is 32.7 Å². The predicted octanol–water partition coefficient (Wildman–Crippen LogP) is 3.67. The molecule has 0 spiro atoms. The van der Waals surface area contributed by atoms with Gasteiger partial charge in [-0.05, 0) is 51.1 Å². The van der Waals surface area contributed by atoms with Gasteiger partial charge < -0.3 is 20.3 Å². The summed E-state index contributed by atoms with van der Waals surface area (Å²) in [4.78, 5) is 14.0. The van der Waals surface area contributed by atoms with Crippen LogP contribution in [0.2, 0.25) is 0 Å². The number of aliphatic imine (C=N–C) groups is 1. The van der Waals surface area contributed by atoms with Crippen molar-refractivity contribution in [2.24, 2.45) is 4.99 Å². The minimum atomic E-state index is 0. The van der Waals surface area contributed by atoms with Crippen molar-refractivity contribution in [2.45, 2.75) is 32.4 Å². The summed E-state index contributed by atoms with van der Waals surface area (Å²) in [7, 11) is 5.74. The summed E-state index contributed by atoms with van der Waals surface area (Å²) < 4.78 is 5.66. The number of hydrogen-bond donors (Lipinski definition) is 2. The lowest BCUT2D eigenvalue weighted by Crippen LogP contribution is -2.42. The van der Waals surface area contributed by atoms with E-state index >= 15 is 0 Å². The fourth-order valence-electron chi connectivity index (χ4n) is 3.93. The summed E-state index contributed by atoms with van der Waals surface area (Å²) in [6, 6.07) is 14.6. The maximum absolute atomic E-state index is 5.66. The van der Waals surface area contributed by atoms with E-state index in [2.05, 4.69) is 39.6 Å². The number of halogens is 1. The quantitative estimate of drug-likeness (QED) is 0.281. The van der Waals surface area contributed by atoms with Gasteiger partial charge in [-0.25, -0.2) is 9.98 Å². The van der Waals surface area contributed by atoms with Gasteiger partial charge in [-0.2, -0.15) is 0 Å². The first-order chi connectivity index (χ1) is 15.1. The molecular weight excluding hydrogens is 515 g/mol. The lowest BCUT2D eigenvalue weighted by Gasteiger charge is -2.30. The molecule has 1 unspecified atom stereocenters. The first kappa shape index (κ1) is 26.2. The lowest BCUT2D eigenvalue weighted by atomic mass is 10.0. The Hall–Kier alpha value is -2.07. The van der Waals surface area contributed by atoms with Gasteiger partial charge in [-0.1, -0.05) is 24.3 Å². The van der Waals surface area contributed by atoms with Crippen LogP contribution in [0, 0.1) is 0 Å². The second kappa shape index (κ2) is 13.5. The van der Waals surface area contributed by atoms with E-state index < -0.39 is 0 Å². The molecule has 176 valence electrons. The van der Waals surface area contributed by atoms with Crippen molar-refractivity contribution in [2.75, 3.05) is 52.3 Å². The molecular formula is C24H37IN6O. The Balaban J connectivity index is 0.00000363. The van der Waals surface area contributed by atoms with Crippen LogP contribution in [0.4, 0.5) is 5.82 Å². The average molecular weight is 553 g/mol. The number of nitrogens with one attached hydrogen (secondary N) is 2. The fraction of sp³-hybridized carbons (Fsp3) is 0.500. The van der Waals surface area contributed by atoms with Crippen LogP contribution in [0.3, 0.4) is 0 Å². The topological polar surface area (TPSA) is 65.0 Å². The highest BCUT2D eigenvalue weighted by Gasteiger charge is 2.26. The van der Waals surface area contributed by atoms with E-state index in [9.17, 15) is 0 Å². The normalized spacial score (nSPS) is 15.1. The summed E-state index contributed by atoms with van der Waals surface area (Å²) in [5, 5.41) is 6.93. The van der Waals surface area contributed by atoms with E-state index in [0.717, 1.165) is 49.4 Å². The zero-order chi connectivity index (χ0) is 22.1. The van der Waals surface area contributed by atoms with E-state index in [1.54, 1.807) is 7.11 Å². The highest BCUT2D eigenvalue weighted by Crippen LogP contribution is 2.31. The van der Waals surface area contributed by atoms with Crippen molar-refractivity contribution < 1.29 is 4.74 Å². The highest BCUT2D eigenvalue weighted by molar-refractivity contribution is 14.0. The molecule has 1 atom stereocenters. The molecule has 1 saturated heterocycles. The maximum Gasteiger partial charge on any atom is 0.191 e. The van der Waals surface area contributed by atoms with Crippen molar-refractivity contribution in [3.63, 3.8) is 0 Å². The number of nitrogens with zero attached hydrogens (tertiary/aromatic N) is 4. The fourth-order valence-corrected chi connectivity index (χ4v) is 3.93. The van der Waals surface area contributed by atoms with E-state index in [1.807, 2.05) is 49.3 Å². The highest BCUT2D eigenvalue weighted by atomic mass is 127. The van der Waals surface area contributed by atoms with Crippen LogP contribution in [0.1, 0.15) is 37.1 Å². The molecule has 2 heterocycles. The monoisotopic (exact) mass is 552 g/mol. The molecule has 1 aliphatic heterocycles. The van der Waals surface area contributed by atoms with Crippen LogP contribution in [-0.2, 0) is 6.54 Å². The molecule has 0 saturated carbocycles. The number of para-hydroxylation sites is 1. The Morgan fingerprint density at radius 2 is 1.88 bits per heavy atom. The molecule has 8 heteroatoms. The van der Waals surface area contributed by atoms with Gasteiger partial charge >= 0.3 is 0 Å². The van der Waals surface area contributed by atoms with Gasteiger partial charge in [0.05, 0.1) is 25.4 Å². The van der Waals surface area contributed by atoms with E-state index in [-0.39, 0.29) is 30.0 Å². The number of hydrogen-bond acceptors (Lipinski definition) is 5. The number of guanidine groups is 1. The Morgan fingerprint density at radius 1 is 1.12 bits per heavy atom. The van der Waals surface area contributed by atoms with Crippen molar-refractivity contribution in [3.8, 4) is 5.75 Å². The largest absolute Gasteiger partial charge is 0.496 e. The third-order valence-corrected chi connectivity index (χ3v) is 5.54. The van der Waals surface area contributed by atoms with Gasteiger partial charge in [-0.3, -0.25) is 4.90 Å². The Bertz CT molecular complexity index is 854. The molecule has 32 heavy (non-hydrogen) atoms. The maximum atomic E-state index is 5.66. The number of likely N-dealkylation sites (tertiary alicyclic amines) is 1. The average Bonchev–Trinajstić information content (AvgIpc) is 3.32. The van der Waals surface area contributed by atoms with Crippen molar-refractivity contribution in [1.29, 1.82) is 0 Å². The predicted molar refractivity (Wildman–Crippen MR) is 143 cm³/mol. The summed E-state index contributed by atoms with van der Waals surface area (Å²) in [5.41, 5.74) is 2.17. The van der Waals surface area contributed by atoms with Gasteiger partial charge in [0.15, 0.2) is 5.96 Å². The summed E-state index contributed by atoms with van der Waals surface area (Å²) in [5.74, 6) is 2.68. The number of benzene rings is 1. The van der Waals surface area contributed by atoms with E-state index in [0.29, 0.717) is 6.54 Å². The van der Waals surface area contributed by atoms with Crippen molar-refractivity contribution in [3.05, 3.63) is 53.7 Å². The number of methoxy groups -OCH3 is 1. The molecule has 0 bridgehead atoms. The van der Waals surface area contributed by atoms with Crippen LogP contribution in [0.15, 0.2) is 47.5 Å². The van der Waals surface area contributed by atoms with E-state index in [4.69, 9.17) is 9.73 Å². The molecule has 3 rings (SSSR count). The molecule has 0 aliphatic carbocycles. The SMILES string of the molecule is CCNC(=NCc1cccc(N(C)C)n1)NCC(c1ccccc1OC)N1CCCC1.I. The van der Waals surface area contributed by atoms with Crippen LogP contribution in [0.5, 0.6) is 5.75 Å². The van der Waals surface area contributed by atoms with Crippen LogP contribution >= 0.6 is 24.0 Å². The molecule has 1 fully saturated rings. The van der Waals surface area contributed by atoms with Gasteiger partial charge in [0.1, 0.15) is 11.6 Å². The third-order valence-electron chi connectivity index (χ3n) is 5.54. The molecule has 2 N–H and O–H groups in total. The Morgan fingerprint density at radius 3 is 2.56 bits per heavy atom. The molecule has 2 aromatic rings. The number of pyridine rings is 1. The van der Waals surface area contributed by atoms with Crippen molar-refractivity contribution in [1.82, 2.24) is 20.5 Å². The van der Waals surface area contributed by atoms with Crippen LogP contribution in [0.25, 0.3) is 0 Å². The standard InChI is InChI=1S/C24H36N6O.HI/c1-5-25-24(26-17-19-11-10-14-23(28-19)29(2)3)27-18-21(30-15-8-9-16-30)20-12-6-7-13-22(20)31-4;/h6-7,10-14,21H,5,8-9,15-18H2,1-4H3,(H2,25,26,27);1H. The number of anilines is 1. The lowest BCUT2D eigenvalue weighted by molar-refractivity contribution is 0.239.